The molecule has 74 valence electrons. The summed E-state index contributed by atoms with van der Waals surface area (Å²) in [5.41, 5.74) is 0.827. The molecule has 0 spiro atoms. The maximum absolute atomic E-state index is 11.2. The van der Waals surface area contributed by atoms with Crippen molar-refractivity contribution in [1.82, 2.24) is 15.5 Å². The lowest BCUT2D eigenvalue weighted by Gasteiger charge is -2.08. The lowest BCUT2D eigenvalue weighted by Crippen LogP contribution is -2.28. The molecule has 1 unspecified atom stereocenters. The van der Waals surface area contributed by atoms with Crippen molar-refractivity contribution in [2.45, 2.75) is 19.4 Å². The first-order valence-corrected chi connectivity index (χ1v) is 4.50. The Morgan fingerprint density at radius 2 is 2.36 bits per heavy atom. The fourth-order valence-corrected chi connectivity index (χ4v) is 1.28. The third-order valence-electron chi connectivity index (χ3n) is 2.03. The Hall–Kier alpha value is -1.65. The molecule has 1 aliphatic heterocycles. The van der Waals surface area contributed by atoms with Gasteiger partial charge >= 0.3 is 0 Å². The van der Waals surface area contributed by atoms with Crippen LogP contribution in [0.1, 0.15) is 12.1 Å². The number of hydrogen-bond acceptors (Lipinski definition) is 4. The Balaban J connectivity index is 2.03. The number of hydrogen-bond donors (Lipinski definition) is 1. The first kappa shape index (κ1) is 8.93. The van der Waals surface area contributed by atoms with Gasteiger partial charge < -0.3 is 10.1 Å². The summed E-state index contributed by atoms with van der Waals surface area (Å²) in [6, 6.07) is 3.52. The van der Waals surface area contributed by atoms with Gasteiger partial charge in [0, 0.05) is 19.0 Å². The number of rotatable bonds is 2. The van der Waals surface area contributed by atoms with Crippen LogP contribution in [0.25, 0.3) is 0 Å². The third kappa shape index (κ3) is 1.81. The van der Waals surface area contributed by atoms with Crippen molar-refractivity contribution in [2.24, 2.45) is 0 Å². The molecular formula is C9H11N3O2. The van der Waals surface area contributed by atoms with Crippen LogP contribution in [-0.4, -0.2) is 28.8 Å². The number of carbonyl (C=O) groups is 1. The highest BCUT2D eigenvalue weighted by atomic mass is 16.5. The lowest BCUT2D eigenvalue weighted by molar-refractivity contribution is -0.125. The zero-order valence-electron chi connectivity index (χ0n) is 7.86. The number of ether oxygens (including phenoxy) is 1. The van der Waals surface area contributed by atoms with E-state index in [-0.39, 0.29) is 5.91 Å². The molecule has 1 saturated heterocycles. The van der Waals surface area contributed by atoms with Gasteiger partial charge in [-0.3, -0.25) is 4.79 Å². The Morgan fingerprint density at radius 3 is 2.93 bits per heavy atom. The van der Waals surface area contributed by atoms with Crippen LogP contribution in [-0.2, 0) is 4.79 Å². The van der Waals surface area contributed by atoms with E-state index in [4.69, 9.17) is 4.74 Å². The highest BCUT2D eigenvalue weighted by Gasteiger charge is 2.26. The summed E-state index contributed by atoms with van der Waals surface area (Å²) in [6.45, 7) is 2.52. The molecule has 0 aromatic carbocycles. The first-order valence-electron chi connectivity index (χ1n) is 4.50. The second-order valence-corrected chi connectivity index (χ2v) is 3.20. The van der Waals surface area contributed by atoms with Crippen molar-refractivity contribution in [3.63, 3.8) is 0 Å². The smallest absolute Gasteiger partial charge is 0.261 e. The van der Waals surface area contributed by atoms with Gasteiger partial charge in [0.15, 0.2) is 6.10 Å². The molecule has 0 radical (unpaired) electrons. The average molecular weight is 193 g/mol. The van der Waals surface area contributed by atoms with Gasteiger partial charge in [0.1, 0.15) is 0 Å². The highest BCUT2D eigenvalue weighted by Crippen LogP contribution is 2.11. The van der Waals surface area contributed by atoms with E-state index in [1.54, 1.807) is 12.1 Å². The summed E-state index contributed by atoms with van der Waals surface area (Å²) in [5.74, 6) is 0.324. The molecule has 1 aromatic heterocycles. The second-order valence-electron chi connectivity index (χ2n) is 3.20. The van der Waals surface area contributed by atoms with Gasteiger partial charge in [-0.25, -0.2) is 0 Å². The molecule has 5 nitrogen and oxygen atoms in total. The summed E-state index contributed by atoms with van der Waals surface area (Å²) in [4.78, 5) is 11.2. The highest BCUT2D eigenvalue weighted by molar-refractivity contribution is 5.83. The van der Waals surface area contributed by atoms with Crippen molar-refractivity contribution >= 4 is 5.91 Å². The Bertz CT molecular complexity index is 336. The Labute approximate surface area is 81.5 Å². The minimum absolute atomic E-state index is 0.0765. The van der Waals surface area contributed by atoms with Gasteiger partial charge in [-0.05, 0) is 13.0 Å². The largest absolute Gasteiger partial charge is 0.463 e. The summed E-state index contributed by atoms with van der Waals surface area (Å²) in [7, 11) is 0. The van der Waals surface area contributed by atoms with Gasteiger partial charge in [-0.2, -0.15) is 5.10 Å². The Kier molecular flexibility index (Phi) is 2.30. The van der Waals surface area contributed by atoms with Gasteiger partial charge in [-0.1, -0.05) is 0 Å². The van der Waals surface area contributed by atoms with Crippen molar-refractivity contribution in [3.05, 3.63) is 17.8 Å². The van der Waals surface area contributed by atoms with E-state index >= 15 is 0 Å². The molecule has 1 aliphatic rings. The SMILES string of the molecule is Cc1ccc(OC2CCNC2=O)nn1. The van der Waals surface area contributed by atoms with Crippen molar-refractivity contribution in [3.8, 4) is 5.88 Å². The molecule has 1 atom stereocenters. The average Bonchev–Trinajstić information content (AvgIpc) is 2.56. The molecule has 0 aliphatic carbocycles. The number of nitrogens with one attached hydrogen (secondary N) is 1. The summed E-state index contributed by atoms with van der Waals surface area (Å²) in [5, 5.41) is 10.4. The predicted octanol–water partition coefficient (Wildman–Crippen LogP) is 0.0523. The maximum atomic E-state index is 11.2. The summed E-state index contributed by atoms with van der Waals surface area (Å²) in [6.07, 6.45) is 0.279. The molecule has 1 aromatic rings. The van der Waals surface area contributed by atoms with E-state index in [1.165, 1.54) is 0 Å². The molecule has 0 bridgehead atoms. The van der Waals surface area contributed by atoms with Crippen LogP contribution in [0, 0.1) is 6.92 Å². The second kappa shape index (κ2) is 3.61. The van der Waals surface area contributed by atoms with Gasteiger partial charge in [0.05, 0.1) is 5.69 Å². The van der Waals surface area contributed by atoms with E-state index in [0.717, 1.165) is 5.69 Å². The number of nitrogens with zero attached hydrogens (tertiary/aromatic N) is 2. The molecule has 2 heterocycles. The lowest BCUT2D eigenvalue weighted by atomic mass is 10.3. The summed E-state index contributed by atoms with van der Waals surface area (Å²) >= 11 is 0. The minimum Gasteiger partial charge on any atom is -0.463 e. The normalized spacial score (nSPS) is 20.6. The molecule has 1 amide bonds. The predicted molar refractivity (Wildman–Crippen MR) is 48.8 cm³/mol. The van der Waals surface area contributed by atoms with E-state index in [2.05, 4.69) is 15.5 Å². The first-order chi connectivity index (χ1) is 6.75. The zero-order chi connectivity index (χ0) is 9.97. The number of carbonyl (C=O) groups excluding carboxylic acids is 1. The van der Waals surface area contributed by atoms with Crippen LogP contribution in [0.3, 0.4) is 0 Å². The molecule has 1 fully saturated rings. The van der Waals surface area contributed by atoms with Crippen LogP contribution in [0.2, 0.25) is 0 Å². The van der Waals surface area contributed by atoms with Crippen molar-refractivity contribution < 1.29 is 9.53 Å². The van der Waals surface area contributed by atoms with Crippen LogP contribution in [0.5, 0.6) is 5.88 Å². The van der Waals surface area contributed by atoms with Crippen LogP contribution in [0.15, 0.2) is 12.1 Å². The maximum Gasteiger partial charge on any atom is 0.261 e. The van der Waals surface area contributed by atoms with E-state index in [0.29, 0.717) is 18.8 Å². The van der Waals surface area contributed by atoms with E-state index in [1.807, 2.05) is 6.92 Å². The molecule has 14 heavy (non-hydrogen) atoms. The molecule has 2 rings (SSSR count). The van der Waals surface area contributed by atoms with Crippen LogP contribution < -0.4 is 10.1 Å². The number of aryl methyl sites for hydroxylation is 1. The van der Waals surface area contributed by atoms with Crippen molar-refractivity contribution in [1.29, 1.82) is 0 Å². The van der Waals surface area contributed by atoms with Crippen LogP contribution in [0.4, 0.5) is 0 Å². The zero-order valence-corrected chi connectivity index (χ0v) is 7.86. The standard InChI is InChI=1S/C9H11N3O2/c1-6-2-3-8(12-11-6)14-7-4-5-10-9(7)13/h2-3,7H,4-5H2,1H3,(H,10,13). The number of amides is 1. The third-order valence-corrected chi connectivity index (χ3v) is 2.03. The van der Waals surface area contributed by atoms with E-state index in [9.17, 15) is 4.79 Å². The number of aromatic nitrogens is 2. The monoisotopic (exact) mass is 193 g/mol. The molecule has 0 saturated carbocycles. The van der Waals surface area contributed by atoms with Crippen molar-refractivity contribution in [2.75, 3.05) is 6.54 Å². The molecule has 5 heteroatoms. The van der Waals surface area contributed by atoms with Crippen LogP contribution >= 0.6 is 0 Å². The molecular weight excluding hydrogens is 182 g/mol. The topological polar surface area (TPSA) is 64.1 Å². The van der Waals surface area contributed by atoms with Gasteiger partial charge in [-0.15, -0.1) is 5.10 Å². The van der Waals surface area contributed by atoms with E-state index < -0.39 is 6.10 Å². The quantitative estimate of drug-likeness (QED) is 0.721. The van der Waals surface area contributed by atoms with Gasteiger partial charge in [0.2, 0.25) is 5.88 Å². The Morgan fingerprint density at radius 1 is 1.50 bits per heavy atom. The van der Waals surface area contributed by atoms with Gasteiger partial charge in [0.25, 0.3) is 5.91 Å². The fourth-order valence-electron chi connectivity index (χ4n) is 1.28. The summed E-state index contributed by atoms with van der Waals surface area (Å²) < 4.78 is 5.36. The fraction of sp³-hybridized carbons (Fsp3) is 0.444. The molecule has 1 N–H and O–H groups in total. The minimum atomic E-state index is -0.410.